The minimum atomic E-state index is -0.220. The molecule has 6 rings (SSSR count). The summed E-state index contributed by atoms with van der Waals surface area (Å²) in [5.41, 5.74) is 8.96. The fourth-order valence-electron chi connectivity index (χ4n) is 5.88. The van der Waals surface area contributed by atoms with E-state index >= 15 is 0 Å². The first-order chi connectivity index (χ1) is 21.6. The summed E-state index contributed by atoms with van der Waals surface area (Å²) >= 11 is 1.71. The van der Waals surface area contributed by atoms with Crippen LogP contribution in [0.2, 0.25) is 0 Å². The molecule has 46 heavy (non-hydrogen) atoms. The van der Waals surface area contributed by atoms with E-state index in [1.165, 1.54) is 11.1 Å². The Morgan fingerprint density at radius 1 is 0.674 bits per heavy atom. The molecule has 0 radical (unpaired) electrons. The van der Waals surface area contributed by atoms with Crippen molar-refractivity contribution in [1.29, 1.82) is 0 Å². The lowest BCUT2D eigenvalue weighted by Gasteiger charge is -2.27. The number of phenols is 1. The van der Waals surface area contributed by atoms with Crippen molar-refractivity contribution in [3.8, 4) is 27.4 Å². The van der Waals surface area contributed by atoms with E-state index in [1.807, 2.05) is 6.21 Å². The monoisotopic (exact) mass is 624 g/mol. The van der Waals surface area contributed by atoms with Gasteiger partial charge in [0.1, 0.15) is 10.8 Å². The second-order valence-electron chi connectivity index (χ2n) is 15.4. The Hall–Kier alpha value is -4.28. The minimum Gasteiger partial charge on any atom is -0.507 e. The van der Waals surface area contributed by atoms with Crippen LogP contribution < -0.4 is 0 Å². The second-order valence-corrected chi connectivity index (χ2v) is 16.4. The zero-order chi connectivity index (χ0) is 33.0. The van der Waals surface area contributed by atoms with Gasteiger partial charge in [-0.3, -0.25) is 4.99 Å². The molecule has 0 fully saturated rings. The molecular formula is C42H44N2OS. The molecule has 0 spiro atoms. The van der Waals surface area contributed by atoms with E-state index in [1.54, 1.807) is 11.3 Å². The highest BCUT2D eigenvalue weighted by Crippen LogP contribution is 2.44. The molecule has 0 saturated carbocycles. The predicted molar refractivity (Wildman–Crippen MR) is 199 cm³/mol. The van der Waals surface area contributed by atoms with Gasteiger partial charge in [-0.1, -0.05) is 129 Å². The molecule has 1 heterocycles. The summed E-state index contributed by atoms with van der Waals surface area (Å²) in [6.07, 6.45) is 1.84. The maximum Gasteiger partial charge on any atom is 0.128 e. The van der Waals surface area contributed by atoms with Crippen molar-refractivity contribution in [2.75, 3.05) is 0 Å². The van der Waals surface area contributed by atoms with Gasteiger partial charge < -0.3 is 5.11 Å². The molecule has 0 aliphatic heterocycles. The third kappa shape index (κ3) is 6.11. The zero-order valence-corrected chi connectivity index (χ0v) is 29.3. The second kappa shape index (κ2) is 11.5. The van der Waals surface area contributed by atoms with Crippen molar-refractivity contribution < 1.29 is 5.11 Å². The van der Waals surface area contributed by atoms with Crippen molar-refractivity contribution in [2.45, 2.75) is 78.6 Å². The highest BCUT2D eigenvalue weighted by atomic mass is 32.1. The van der Waals surface area contributed by atoms with E-state index < -0.39 is 0 Å². The lowest BCUT2D eigenvalue weighted by molar-refractivity contribution is 0.444. The Bertz CT molecular complexity index is 2100. The normalized spacial score (nSPS) is 12.9. The number of fused-ring (bicyclic) bond motifs is 2. The van der Waals surface area contributed by atoms with E-state index in [0.717, 1.165) is 59.5 Å². The van der Waals surface area contributed by atoms with Crippen molar-refractivity contribution in [2.24, 2.45) is 4.99 Å². The van der Waals surface area contributed by atoms with E-state index in [0.29, 0.717) is 0 Å². The third-order valence-corrected chi connectivity index (χ3v) is 9.76. The lowest BCUT2D eigenvalue weighted by atomic mass is 9.79. The Labute approximate surface area is 277 Å². The first-order valence-electron chi connectivity index (χ1n) is 16.1. The summed E-state index contributed by atoms with van der Waals surface area (Å²) in [5.74, 6) is 0.285. The maximum atomic E-state index is 11.5. The van der Waals surface area contributed by atoms with Crippen molar-refractivity contribution in [1.82, 2.24) is 4.98 Å². The average Bonchev–Trinajstić information content (AvgIpc) is 3.43. The highest BCUT2D eigenvalue weighted by Gasteiger charge is 2.25. The van der Waals surface area contributed by atoms with Crippen molar-refractivity contribution >= 4 is 44.2 Å². The van der Waals surface area contributed by atoms with Crippen LogP contribution in [0, 0.1) is 0 Å². The van der Waals surface area contributed by atoms with Gasteiger partial charge in [-0.2, -0.15) is 0 Å². The molecule has 1 N–H and O–H groups in total. The minimum absolute atomic E-state index is 0.00419. The summed E-state index contributed by atoms with van der Waals surface area (Å²) in [6.45, 7) is 19.8. The number of benzene rings is 5. The molecule has 0 aliphatic rings. The molecule has 234 valence electrons. The van der Waals surface area contributed by atoms with Crippen LogP contribution in [0.1, 0.15) is 84.6 Å². The fraction of sp³-hybridized carbons (Fsp3) is 0.286. The molecule has 5 aromatic carbocycles. The maximum absolute atomic E-state index is 11.5. The fourth-order valence-corrected chi connectivity index (χ4v) is 6.93. The predicted octanol–water partition coefficient (Wildman–Crippen LogP) is 12.1. The van der Waals surface area contributed by atoms with Gasteiger partial charge in [-0.25, -0.2) is 4.98 Å². The van der Waals surface area contributed by atoms with Crippen LogP contribution >= 0.6 is 11.3 Å². The van der Waals surface area contributed by atoms with Crippen molar-refractivity contribution in [3.63, 3.8) is 0 Å². The molecule has 0 unspecified atom stereocenters. The molecule has 0 amide bonds. The molecular weight excluding hydrogens is 581 g/mol. The Kier molecular flexibility index (Phi) is 7.93. The average molecular weight is 625 g/mol. The molecule has 1 aromatic heterocycles. The summed E-state index contributed by atoms with van der Waals surface area (Å²) in [6, 6.07) is 32.0. The van der Waals surface area contributed by atoms with Gasteiger partial charge in [0.25, 0.3) is 0 Å². The van der Waals surface area contributed by atoms with E-state index in [2.05, 4.69) is 153 Å². The summed E-state index contributed by atoms with van der Waals surface area (Å²) in [5, 5.41) is 14.6. The van der Waals surface area contributed by atoms with Gasteiger partial charge in [0.15, 0.2) is 0 Å². The molecule has 0 saturated heterocycles. The number of thiazole rings is 1. The number of aliphatic imine (C=N–C) groups is 1. The quantitative estimate of drug-likeness (QED) is 0.198. The SMILES string of the molecule is CC(C)(C)c1cc(C=Nc2c(-c3nc4c(-c5ccccc5)cc(C(C)(C)C)cc4s3)ccc3ccccc23)c(O)c(C(C)(C)C)c1. The summed E-state index contributed by atoms with van der Waals surface area (Å²) in [4.78, 5) is 10.5. The van der Waals surface area contributed by atoms with Gasteiger partial charge in [-0.15, -0.1) is 11.3 Å². The van der Waals surface area contributed by atoms with Crippen LogP contribution in [0.15, 0.2) is 96.0 Å². The number of phenolic OH excluding ortho intramolecular Hbond substituents is 1. The number of hydrogen-bond donors (Lipinski definition) is 1. The summed E-state index contributed by atoms with van der Waals surface area (Å²) in [7, 11) is 0. The van der Waals surface area contributed by atoms with Gasteiger partial charge in [0.2, 0.25) is 0 Å². The number of aromatic nitrogens is 1. The lowest BCUT2D eigenvalue weighted by Crippen LogP contribution is -2.17. The standard InChI is InChI=1S/C42H44N2OS/c1-40(2,3)29-21-28(38(45)34(23-29)42(7,8)9)25-43-36-31-18-14-13-17-27(31)19-20-32(36)39-44-37-33(26-15-11-10-12-16-26)22-30(41(4,5)6)24-35(37)46-39/h10-25,45H,1-9H3. The number of hydrogen-bond acceptors (Lipinski definition) is 4. The topological polar surface area (TPSA) is 45.5 Å². The van der Waals surface area contributed by atoms with Crippen LogP contribution in [0.4, 0.5) is 5.69 Å². The first kappa shape index (κ1) is 31.7. The van der Waals surface area contributed by atoms with Crippen LogP contribution in [-0.4, -0.2) is 16.3 Å². The number of nitrogens with zero attached hydrogens (tertiary/aromatic N) is 2. The first-order valence-corrected chi connectivity index (χ1v) is 16.9. The van der Waals surface area contributed by atoms with Crippen LogP contribution in [0.25, 0.3) is 42.7 Å². The molecule has 4 heteroatoms. The van der Waals surface area contributed by atoms with Crippen molar-refractivity contribution in [3.05, 3.63) is 113 Å². The van der Waals surface area contributed by atoms with Crippen LogP contribution in [0.5, 0.6) is 5.75 Å². The van der Waals surface area contributed by atoms with Gasteiger partial charge in [0, 0.05) is 33.9 Å². The van der Waals surface area contributed by atoms with Gasteiger partial charge >= 0.3 is 0 Å². The van der Waals surface area contributed by atoms with Crippen LogP contribution in [0.3, 0.4) is 0 Å². The number of rotatable bonds is 4. The zero-order valence-electron chi connectivity index (χ0n) is 28.5. The third-order valence-electron chi connectivity index (χ3n) is 8.72. The summed E-state index contributed by atoms with van der Waals surface area (Å²) < 4.78 is 1.16. The Balaban J connectivity index is 1.58. The molecule has 6 aromatic rings. The van der Waals surface area contributed by atoms with Gasteiger partial charge in [-0.05, 0) is 62.6 Å². The van der Waals surface area contributed by atoms with Crippen LogP contribution in [-0.2, 0) is 16.2 Å². The highest BCUT2D eigenvalue weighted by molar-refractivity contribution is 7.21. The Morgan fingerprint density at radius 2 is 1.33 bits per heavy atom. The Morgan fingerprint density at radius 3 is 2.00 bits per heavy atom. The molecule has 0 aliphatic carbocycles. The largest absolute Gasteiger partial charge is 0.507 e. The molecule has 3 nitrogen and oxygen atoms in total. The van der Waals surface area contributed by atoms with E-state index in [4.69, 9.17) is 9.98 Å². The van der Waals surface area contributed by atoms with E-state index in [9.17, 15) is 5.11 Å². The number of aromatic hydroxyl groups is 1. The molecule has 0 bridgehead atoms. The molecule has 0 atom stereocenters. The van der Waals surface area contributed by atoms with Gasteiger partial charge in [0.05, 0.1) is 15.9 Å². The van der Waals surface area contributed by atoms with E-state index in [-0.39, 0.29) is 22.0 Å². The smallest absolute Gasteiger partial charge is 0.128 e.